The molecule has 0 amide bonds. The average molecular weight is 232 g/mol. The molecule has 0 unspecified atom stereocenters. The normalized spacial score (nSPS) is 10.5. The molecule has 0 aliphatic heterocycles. The second-order valence-corrected chi connectivity index (χ2v) is 4.02. The van der Waals surface area contributed by atoms with Crippen molar-refractivity contribution < 1.29 is 9.84 Å². The van der Waals surface area contributed by atoms with E-state index >= 15 is 0 Å². The van der Waals surface area contributed by atoms with Gasteiger partial charge in [-0.2, -0.15) is 0 Å². The predicted molar refractivity (Wildman–Crippen MR) is 65.3 cm³/mol. The van der Waals surface area contributed by atoms with Crippen LogP contribution in [0, 0.1) is 13.8 Å². The summed E-state index contributed by atoms with van der Waals surface area (Å²) < 4.78 is 7.61. The zero-order valence-electron chi connectivity index (χ0n) is 10.1. The van der Waals surface area contributed by atoms with E-state index in [0.717, 1.165) is 17.9 Å². The first-order valence-corrected chi connectivity index (χ1v) is 5.56. The molecule has 0 spiro atoms. The van der Waals surface area contributed by atoms with Gasteiger partial charge < -0.3 is 14.4 Å². The van der Waals surface area contributed by atoms with Crippen LogP contribution in [0.4, 0.5) is 0 Å². The lowest BCUT2D eigenvalue weighted by atomic mass is 10.2. The van der Waals surface area contributed by atoms with E-state index in [4.69, 9.17) is 4.74 Å². The Balaban J connectivity index is 1.92. The first-order chi connectivity index (χ1) is 8.15. The highest BCUT2D eigenvalue weighted by Gasteiger charge is 2.00. The van der Waals surface area contributed by atoms with Crippen molar-refractivity contribution in [3.63, 3.8) is 0 Å². The van der Waals surface area contributed by atoms with Gasteiger partial charge in [-0.3, -0.25) is 0 Å². The summed E-state index contributed by atoms with van der Waals surface area (Å²) in [6.45, 7) is 5.19. The number of aryl methyl sites for hydroxylation is 2. The van der Waals surface area contributed by atoms with Gasteiger partial charge in [-0.25, -0.2) is 4.98 Å². The third-order valence-electron chi connectivity index (χ3n) is 2.56. The Morgan fingerprint density at radius 3 is 2.76 bits per heavy atom. The first kappa shape index (κ1) is 11.5. The molecular formula is C13H16N2O2. The number of benzene rings is 1. The third kappa shape index (κ3) is 3.00. The highest BCUT2D eigenvalue weighted by atomic mass is 16.5. The van der Waals surface area contributed by atoms with Crippen molar-refractivity contribution in [1.29, 1.82) is 0 Å². The highest BCUT2D eigenvalue weighted by molar-refractivity contribution is 5.36. The zero-order valence-corrected chi connectivity index (χ0v) is 10.1. The van der Waals surface area contributed by atoms with E-state index in [2.05, 4.69) is 4.98 Å². The van der Waals surface area contributed by atoms with Crippen molar-refractivity contribution in [2.75, 3.05) is 6.61 Å². The molecule has 0 aliphatic carbocycles. The molecule has 0 bridgehead atoms. The van der Waals surface area contributed by atoms with Crippen LogP contribution in [0.1, 0.15) is 11.4 Å². The second kappa shape index (κ2) is 4.91. The van der Waals surface area contributed by atoms with Crippen LogP contribution in [0.5, 0.6) is 11.5 Å². The van der Waals surface area contributed by atoms with Crippen LogP contribution < -0.4 is 4.74 Å². The molecule has 0 saturated carbocycles. The summed E-state index contributed by atoms with van der Waals surface area (Å²) in [4.78, 5) is 4.14. The smallest absolute Gasteiger partial charge is 0.123 e. The lowest BCUT2D eigenvalue weighted by Crippen LogP contribution is -2.08. The number of phenolic OH excluding ortho intramolecular Hbond substituents is 1. The molecule has 90 valence electrons. The largest absolute Gasteiger partial charge is 0.508 e. The molecule has 1 aromatic heterocycles. The van der Waals surface area contributed by atoms with Crippen molar-refractivity contribution in [3.05, 3.63) is 42.0 Å². The lowest BCUT2D eigenvalue weighted by Gasteiger charge is -2.09. The highest BCUT2D eigenvalue weighted by Crippen LogP contribution is 2.21. The number of ether oxygens (including phenoxy) is 1. The van der Waals surface area contributed by atoms with Crippen LogP contribution >= 0.6 is 0 Å². The van der Waals surface area contributed by atoms with Crippen LogP contribution in [-0.2, 0) is 6.54 Å². The van der Waals surface area contributed by atoms with E-state index in [9.17, 15) is 5.11 Å². The lowest BCUT2D eigenvalue weighted by molar-refractivity contribution is 0.295. The first-order valence-electron chi connectivity index (χ1n) is 5.56. The van der Waals surface area contributed by atoms with Crippen LogP contribution in [-0.4, -0.2) is 21.3 Å². The summed E-state index contributed by atoms with van der Waals surface area (Å²) in [5, 5.41) is 9.43. The fourth-order valence-corrected chi connectivity index (χ4v) is 1.71. The summed E-state index contributed by atoms with van der Waals surface area (Å²) in [5.41, 5.74) is 0.985. The summed E-state index contributed by atoms with van der Waals surface area (Å²) in [6, 6.07) is 5.22. The minimum atomic E-state index is 0.235. The summed E-state index contributed by atoms with van der Waals surface area (Å²) in [7, 11) is 0. The number of nitrogens with zero attached hydrogens (tertiary/aromatic N) is 2. The molecule has 0 atom stereocenters. The van der Waals surface area contributed by atoms with Gasteiger partial charge >= 0.3 is 0 Å². The van der Waals surface area contributed by atoms with Gasteiger partial charge in [-0.05, 0) is 31.5 Å². The van der Waals surface area contributed by atoms with E-state index in [1.54, 1.807) is 18.3 Å². The number of aromatic nitrogens is 2. The van der Waals surface area contributed by atoms with Gasteiger partial charge in [-0.1, -0.05) is 0 Å². The van der Waals surface area contributed by atoms with Crippen molar-refractivity contribution in [3.8, 4) is 11.5 Å². The fraction of sp³-hybridized carbons (Fsp3) is 0.308. The van der Waals surface area contributed by atoms with Crippen molar-refractivity contribution in [2.24, 2.45) is 0 Å². The Morgan fingerprint density at radius 2 is 2.12 bits per heavy atom. The number of aromatic hydroxyl groups is 1. The number of phenols is 1. The topological polar surface area (TPSA) is 47.3 Å². The van der Waals surface area contributed by atoms with E-state index in [1.807, 2.05) is 30.7 Å². The van der Waals surface area contributed by atoms with E-state index < -0.39 is 0 Å². The summed E-state index contributed by atoms with van der Waals surface area (Å²) in [6.07, 6.45) is 3.69. The molecule has 0 fully saturated rings. The standard InChI is InChI=1S/C13H16N2O2/c1-10-7-12(16)9-13(8-10)17-6-5-15-4-3-14-11(15)2/h3-4,7-9,16H,5-6H2,1-2H3. The monoisotopic (exact) mass is 232 g/mol. The van der Waals surface area contributed by atoms with E-state index in [0.29, 0.717) is 12.4 Å². The van der Waals surface area contributed by atoms with Crippen molar-refractivity contribution in [1.82, 2.24) is 9.55 Å². The molecule has 4 nitrogen and oxygen atoms in total. The van der Waals surface area contributed by atoms with E-state index in [-0.39, 0.29) is 5.75 Å². The Labute approximate surface area is 100 Å². The maximum atomic E-state index is 9.43. The molecule has 0 saturated heterocycles. The maximum absolute atomic E-state index is 9.43. The molecule has 2 rings (SSSR count). The Kier molecular flexibility index (Phi) is 3.32. The third-order valence-corrected chi connectivity index (χ3v) is 2.56. The molecule has 1 heterocycles. The number of hydrogen-bond acceptors (Lipinski definition) is 3. The SMILES string of the molecule is Cc1cc(O)cc(OCCn2ccnc2C)c1. The van der Waals surface area contributed by atoms with Gasteiger partial charge in [0.15, 0.2) is 0 Å². The van der Waals surface area contributed by atoms with Crippen LogP contribution in [0.3, 0.4) is 0 Å². The average Bonchev–Trinajstić information content (AvgIpc) is 2.63. The zero-order chi connectivity index (χ0) is 12.3. The molecular weight excluding hydrogens is 216 g/mol. The molecule has 1 N–H and O–H groups in total. The fourth-order valence-electron chi connectivity index (χ4n) is 1.71. The predicted octanol–water partition coefficient (Wildman–Crippen LogP) is 2.28. The molecule has 2 aromatic rings. The number of rotatable bonds is 4. The Bertz CT molecular complexity index is 486. The second-order valence-electron chi connectivity index (χ2n) is 4.02. The molecule has 0 aliphatic rings. The van der Waals surface area contributed by atoms with Crippen LogP contribution in [0.2, 0.25) is 0 Å². The molecule has 4 heteroatoms. The summed E-state index contributed by atoms with van der Waals surface area (Å²) >= 11 is 0. The van der Waals surface area contributed by atoms with Crippen molar-refractivity contribution >= 4 is 0 Å². The number of hydrogen-bond donors (Lipinski definition) is 1. The van der Waals surface area contributed by atoms with Gasteiger partial charge in [0.2, 0.25) is 0 Å². The van der Waals surface area contributed by atoms with Gasteiger partial charge in [0, 0.05) is 18.5 Å². The minimum Gasteiger partial charge on any atom is -0.508 e. The van der Waals surface area contributed by atoms with Crippen LogP contribution in [0.15, 0.2) is 30.6 Å². The van der Waals surface area contributed by atoms with Crippen LogP contribution in [0.25, 0.3) is 0 Å². The van der Waals surface area contributed by atoms with E-state index in [1.165, 1.54) is 0 Å². The Morgan fingerprint density at radius 1 is 1.29 bits per heavy atom. The molecule has 1 aromatic carbocycles. The van der Waals surface area contributed by atoms with Gasteiger partial charge in [0.25, 0.3) is 0 Å². The van der Waals surface area contributed by atoms with Gasteiger partial charge in [-0.15, -0.1) is 0 Å². The van der Waals surface area contributed by atoms with Gasteiger partial charge in [0.1, 0.15) is 23.9 Å². The molecule has 0 radical (unpaired) electrons. The Hall–Kier alpha value is -1.97. The quantitative estimate of drug-likeness (QED) is 0.879. The summed E-state index contributed by atoms with van der Waals surface area (Å²) in [5.74, 6) is 1.90. The number of imidazole rings is 1. The maximum Gasteiger partial charge on any atom is 0.123 e. The molecule has 17 heavy (non-hydrogen) atoms. The van der Waals surface area contributed by atoms with Gasteiger partial charge in [0.05, 0.1) is 6.54 Å². The van der Waals surface area contributed by atoms with Crippen molar-refractivity contribution in [2.45, 2.75) is 20.4 Å². The minimum absolute atomic E-state index is 0.235.